The molecule has 0 spiro atoms. The quantitative estimate of drug-likeness (QED) is 0.647. The van der Waals surface area contributed by atoms with Crippen LogP contribution in [0.3, 0.4) is 0 Å². The molecule has 0 saturated heterocycles. The van der Waals surface area contributed by atoms with Gasteiger partial charge in [-0.05, 0) is 25.6 Å². The van der Waals surface area contributed by atoms with E-state index in [1.807, 2.05) is 11.8 Å². The van der Waals surface area contributed by atoms with Gasteiger partial charge in [-0.3, -0.25) is 9.69 Å². The van der Waals surface area contributed by atoms with E-state index in [0.29, 0.717) is 30.2 Å². The maximum atomic E-state index is 12.2. The van der Waals surface area contributed by atoms with Crippen molar-refractivity contribution in [1.82, 2.24) is 4.90 Å². The number of amides is 1. The highest BCUT2D eigenvalue weighted by atomic mass is 16.5. The van der Waals surface area contributed by atoms with Gasteiger partial charge in [-0.25, -0.2) is 0 Å². The average Bonchev–Trinajstić information content (AvgIpc) is 2.45. The second kappa shape index (κ2) is 7.72. The lowest BCUT2D eigenvalue weighted by molar-refractivity contribution is -0.120. The summed E-state index contributed by atoms with van der Waals surface area (Å²) in [5, 5.41) is 11.8. The molecule has 6 heteroatoms. The van der Waals surface area contributed by atoms with Gasteiger partial charge >= 0.3 is 0 Å². The van der Waals surface area contributed by atoms with Crippen LogP contribution in [0.2, 0.25) is 0 Å². The van der Waals surface area contributed by atoms with Crippen molar-refractivity contribution in [2.75, 3.05) is 37.9 Å². The number of rotatable bonds is 7. The number of methoxy groups -OCH3 is 1. The molecule has 1 atom stereocenters. The van der Waals surface area contributed by atoms with E-state index in [1.54, 1.807) is 25.1 Å². The molecular weight excluding hydrogens is 258 g/mol. The van der Waals surface area contributed by atoms with Crippen LogP contribution in [0.5, 0.6) is 5.75 Å². The summed E-state index contributed by atoms with van der Waals surface area (Å²) in [5.74, 6) is 0.374. The first-order valence-corrected chi connectivity index (χ1v) is 6.62. The van der Waals surface area contributed by atoms with Crippen LogP contribution >= 0.6 is 0 Å². The fraction of sp³-hybridized carbons (Fsp3) is 0.500. The molecule has 0 aliphatic heterocycles. The molecule has 1 aromatic carbocycles. The van der Waals surface area contributed by atoms with Gasteiger partial charge in [-0.2, -0.15) is 0 Å². The number of likely N-dealkylation sites (N-methyl/N-ethyl adjacent to an activating group) is 1. The van der Waals surface area contributed by atoms with E-state index >= 15 is 0 Å². The summed E-state index contributed by atoms with van der Waals surface area (Å²) in [6, 6.07) is 4.73. The Morgan fingerprint density at radius 1 is 1.55 bits per heavy atom. The number of carbonyl (C=O) groups is 1. The number of anilines is 2. The second-order valence-electron chi connectivity index (χ2n) is 4.48. The highest BCUT2D eigenvalue weighted by Crippen LogP contribution is 2.26. The molecular formula is C14H23N3O3. The molecule has 0 radical (unpaired) electrons. The topological polar surface area (TPSA) is 87.8 Å². The normalized spacial score (nSPS) is 12.2. The molecule has 1 amide bonds. The molecule has 112 valence electrons. The fourth-order valence-electron chi connectivity index (χ4n) is 1.97. The zero-order valence-electron chi connectivity index (χ0n) is 12.2. The van der Waals surface area contributed by atoms with Gasteiger partial charge < -0.3 is 20.9 Å². The molecule has 0 aromatic heterocycles. The van der Waals surface area contributed by atoms with Crippen LogP contribution in [0.25, 0.3) is 0 Å². The van der Waals surface area contributed by atoms with Crippen LogP contribution in [0.4, 0.5) is 11.4 Å². The van der Waals surface area contributed by atoms with Crippen LogP contribution in [-0.2, 0) is 4.79 Å². The first-order chi connectivity index (χ1) is 9.53. The van der Waals surface area contributed by atoms with E-state index in [4.69, 9.17) is 15.6 Å². The van der Waals surface area contributed by atoms with E-state index in [9.17, 15) is 4.79 Å². The fourth-order valence-corrected chi connectivity index (χ4v) is 1.97. The number of hydrogen-bond acceptors (Lipinski definition) is 5. The summed E-state index contributed by atoms with van der Waals surface area (Å²) in [7, 11) is 1.53. The van der Waals surface area contributed by atoms with E-state index in [-0.39, 0.29) is 18.6 Å². The van der Waals surface area contributed by atoms with Gasteiger partial charge in [-0.1, -0.05) is 6.92 Å². The lowest BCUT2D eigenvalue weighted by Crippen LogP contribution is -2.43. The van der Waals surface area contributed by atoms with Gasteiger partial charge in [0.2, 0.25) is 5.91 Å². The highest BCUT2D eigenvalue weighted by molar-refractivity contribution is 5.96. The van der Waals surface area contributed by atoms with Gasteiger partial charge in [0.1, 0.15) is 5.75 Å². The van der Waals surface area contributed by atoms with E-state index < -0.39 is 0 Å². The third-order valence-electron chi connectivity index (χ3n) is 3.20. The SMILES string of the molecule is CCN(CCO)C(C)C(=O)Nc1ccc(N)cc1OC. The van der Waals surface area contributed by atoms with Crippen molar-refractivity contribution in [2.24, 2.45) is 0 Å². The summed E-state index contributed by atoms with van der Waals surface area (Å²) in [6.45, 7) is 4.93. The molecule has 1 rings (SSSR count). The minimum absolute atomic E-state index is 0.0245. The van der Waals surface area contributed by atoms with E-state index in [2.05, 4.69) is 5.32 Å². The Hall–Kier alpha value is -1.79. The summed E-state index contributed by atoms with van der Waals surface area (Å²) in [5.41, 5.74) is 6.83. The predicted octanol–water partition coefficient (Wildman–Crippen LogP) is 0.919. The highest BCUT2D eigenvalue weighted by Gasteiger charge is 2.20. The summed E-state index contributed by atoms with van der Waals surface area (Å²) in [4.78, 5) is 14.1. The summed E-state index contributed by atoms with van der Waals surface area (Å²) in [6.07, 6.45) is 0. The lowest BCUT2D eigenvalue weighted by atomic mass is 10.2. The van der Waals surface area contributed by atoms with Crippen LogP contribution in [0.15, 0.2) is 18.2 Å². The first kappa shape index (κ1) is 16.3. The van der Waals surface area contributed by atoms with Gasteiger partial charge in [0, 0.05) is 18.3 Å². The molecule has 0 aliphatic rings. The first-order valence-electron chi connectivity index (χ1n) is 6.62. The Bertz CT molecular complexity index is 451. The predicted molar refractivity (Wildman–Crippen MR) is 79.8 cm³/mol. The third kappa shape index (κ3) is 4.11. The van der Waals surface area contributed by atoms with E-state index in [0.717, 1.165) is 0 Å². The van der Waals surface area contributed by atoms with Crippen molar-refractivity contribution >= 4 is 17.3 Å². The lowest BCUT2D eigenvalue weighted by Gasteiger charge is -2.26. The van der Waals surface area contributed by atoms with Crippen molar-refractivity contribution in [3.63, 3.8) is 0 Å². The standard InChI is InChI=1S/C14H23N3O3/c1-4-17(7-8-18)10(2)14(19)16-12-6-5-11(15)9-13(12)20-3/h5-6,9-10,18H,4,7-8,15H2,1-3H3,(H,16,19). The maximum absolute atomic E-state index is 12.2. The molecule has 0 aliphatic carbocycles. The van der Waals surface area contributed by atoms with Crippen molar-refractivity contribution < 1.29 is 14.6 Å². The third-order valence-corrected chi connectivity index (χ3v) is 3.20. The monoisotopic (exact) mass is 281 g/mol. The summed E-state index contributed by atoms with van der Waals surface area (Å²) >= 11 is 0. The zero-order valence-corrected chi connectivity index (χ0v) is 12.2. The van der Waals surface area contributed by atoms with Gasteiger partial charge in [0.25, 0.3) is 0 Å². The Balaban J connectivity index is 2.79. The van der Waals surface area contributed by atoms with Crippen molar-refractivity contribution in [2.45, 2.75) is 19.9 Å². The largest absolute Gasteiger partial charge is 0.494 e. The number of nitrogen functional groups attached to an aromatic ring is 1. The minimum atomic E-state index is -0.339. The van der Waals surface area contributed by atoms with Crippen LogP contribution in [-0.4, -0.2) is 48.8 Å². The van der Waals surface area contributed by atoms with Crippen LogP contribution < -0.4 is 15.8 Å². The molecule has 1 aromatic rings. The Kier molecular flexibility index (Phi) is 6.27. The molecule has 4 N–H and O–H groups in total. The minimum Gasteiger partial charge on any atom is -0.494 e. The molecule has 0 fully saturated rings. The van der Waals surface area contributed by atoms with Crippen LogP contribution in [0.1, 0.15) is 13.8 Å². The number of aliphatic hydroxyl groups excluding tert-OH is 1. The van der Waals surface area contributed by atoms with Gasteiger partial charge in [0.05, 0.1) is 25.4 Å². The van der Waals surface area contributed by atoms with E-state index in [1.165, 1.54) is 7.11 Å². The second-order valence-corrected chi connectivity index (χ2v) is 4.48. The number of nitrogens with one attached hydrogen (secondary N) is 1. The number of benzene rings is 1. The molecule has 1 unspecified atom stereocenters. The van der Waals surface area contributed by atoms with Crippen LogP contribution in [0, 0.1) is 0 Å². The summed E-state index contributed by atoms with van der Waals surface area (Å²) < 4.78 is 5.19. The Labute approximate surface area is 119 Å². The molecule has 0 heterocycles. The number of ether oxygens (including phenoxy) is 1. The molecule has 0 saturated carbocycles. The smallest absolute Gasteiger partial charge is 0.241 e. The molecule has 20 heavy (non-hydrogen) atoms. The van der Waals surface area contributed by atoms with Gasteiger partial charge in [-0.15, -0.1) is 0 Å². The van der Waals surface area contributed by atoms with Crippen molar-refractivity contribution in [3.05, 3.63) is 18.2 Å². The Morgan fingerprint density at radius 3 is 2.80 bits per heavy atom. The Morgan fingerprint density at radius 2 is 2.25 bits per heavy atom. The number of nitrogens with zero attached hydrogens (tertiary/aromatic N) is 1. The van der Waals surface area contributed by atoms with Gasteiger partial charge in [0.15, 0.2) is 0 Å². The number of aliphatic hydroxyl groups is 1. The number of carbonyl (C=O) groups excluding carboxylic acids is 1. The van der Waals surface area contributed by atoms with Crippen molar-refractivity contribution in [1.29, 1.82) is 0 Å². The average molecular weight is 281 g/mol. The molecule has 6 nitrogen and oxygen atoms in total. The number of nitrogens with two attached hydrogens (primary N) is 1. The zero-order chi connectivity index (χ0) is 15.1. The van der Waals surface area contributed by atoms with Crippen molar-refractivity contribution in [3.8, 4) is 5.75 Å². The maximum Gasteiger partial charge on any atom is 0.241 e. The number of hydrogen-bond donors (Lipinski definition) is 3. The molecule has 0 bridgehead atoms.